The molecule has 2 heterocycles. The molecule has 0 spiro atoms. The summed E-state index contributed by atoms with van der Waals surface area (Å²) >= 11 is 0. The number of nitrogens with one attached hydrogen (secondary N) is 1. The molecule has 0 aliphatic heterocycles. The second-order valence-corrected chi connectivity index (χ2v) is 5.98. The van der Waals surface area contributed by atoms with Gasteiger partial charge >= 0.3 is 0 Å². The van der Waals surface area contributed by atoms with Crippen LogP contribution in [0.25, 0.3) is 33.1 Å². The Bertz CT molecular complexity index is 1100. The Balaban J connectivity index is 2.11. The van der Waals surface area contributed by atoms with Gasteiger partial charge in [0.2, 0.25) is 0 Å². The fourth-order valence-corrected chi connectivity index (χ4v) is 3.08. The molecule has 0 atom stereocenters. The van der Waals surface area contributed by atoms with Crippen LogP contribution >= 0.6 is 0 Å². The lowest BCUT2D eigenvalue weighted by atomic mass is 10.0. The summed E-state index contributed by atoms with van der Waals surface area (Å²) in [5, 5.41) is 2.19. The Kier molecular flexibility index (Phi) is 2.81. The molecular formula is C19H17N3O. The highest BCUT2D eigenvalue weighted by molar-refractivity contribution is 6.07. The number of aryl methyl sites for hydroxylation is 2. The van der Waals surface area contributed by atoms with Gasteiger partial charge < -0.3 is 10.7 Å². The standard InChI is InChI=1S/C19H17N3O/c1-11-3-8-17-15(9-11)16-10-14(12-4-6-13(20)7-5-12)19(23)22(2)18(16)21-17/h3-10,21H,20H2,1-2H3. The summed E-state index contributed by atoms with van der Waals surface area (Å²) in [7, 11) is 1.80. The smallest absolute Gasteiger partial charge is 0.259 e. The third-order valence-corrected chi connectivity index (χ3v) is 4.35. The molecule has 0 amide bonds. The molecule has 114 valence electrons. The van der Waals surface area contributed by atoms with Gasteiger partial charge in [0.1, 0.15) is 5.65 Å². The molecular weight excluding hydrogens is 286 g/mol. The quantitative estimate of drug-likeness (QED) is 0.528. The summed E-state index contributed by atoms with van der Waals surface area (Å²) in [5.74, 6) is 0. The minimum absolute atomic E-state index is 0.0226. The van der Waals surface area contributed by atoms with Crippen LogP contribution in [-0.4, -0.2) is 9.55 Å². The van der Waals surface area contributed by atoms with E-state index in [2.05, 4.69) is 30.1 Å². The Labute approximate surface area is 133 Å². The van der Waals surface area contributed by atoms with Crippen molar-refractivity contribution in [2.45, 2.75) is 6.92 Å². The first-order valence-corrected chi connectivity index (χ1v) is 7.52. The van der Waals surface area contributed by atoms with Crippen LogP contribution in [0.3, 0.4) is 0 Å². The van der Waals surface area contributed by atoms with Crippen LogP contribution in [0.1, 0.15) is 5.56 Å². The van der Waals surface area contributed by atoms with Crippen LogP contribution in [0.15, 0.2) is 53.3 Å². The largest absolute Gasteiger partial charge is 0.399 e. The van der Waals surface area contributed by atoms with E-state index in [9.17, 15) is 4.79 Å². The van der Waals surface area contributed by atoms with E-state index in [0.717, 1.165) is 27.5 Å². The number of nitrogens with two attached hydrogens (primary N) is 1. The average molecular weight is 303 g/mol. The Morgan fingerprint density at radius 1 is 1.00 bits per heavy atom. The second kappa shape index (κ2) is 4.74. The molecule has 4 rings (SSSR count). The van der Waals surface area contributed by atoms with Gasteiger partial charge in [-0.1, -0.05) is 23.8 Å². The van der Waals surface area contributed by atoms with Crippen LogP contribution in [0, 0.1) is 6.92 Å². The maximum absolute atomic E-state index is 12.7. The monoisotopic (exact) mass is 303 g/mol. The molecule has 2 aromatic carbocycles. The number of fused-ring (bicyclic) bond motifs is 3. The van der Waals surface area contributed by atoms with E-state index in [0.29, 0.717) is 11.3 Å². The molecule has 0 saturated heterocycles. The van der Waals surface area contributed by atoms with Crippen LogP contribution in [0.4, 0.5) is 5.69 Å². The first-order valence-electron chi connectivity index (χ1n) is 7.52. The Morgan fingerprint density at radius 3 is 2.48 bits per heavy atom. The van der Waals surface area contributed by atoms with Gasteiger partial charge in [0, 0.05) is 34.6 Å². The number of hydrogen-bond donors (Lipinski definition) is 2. The zero-order chi connectivity index (χ0) is 16.1. The minimum atomic E-state index is -0.0226. The van der Waals surface area contributed by atoms with Crippen molar-refractivity contribution in [1.29, 1.82) is 0 Å². The van der Waals surface area contributed by atoms with Gasteiger partial charge in [-0.2, -0.15) is 0 Å². The third-order valence-electron chi connectivity index (χ3n) is 4.35. The Hall–Kier alpha value is -3.01. The third kappa shape index (κ3) is 2.03. The second-order valence-electron chi connectivity index (χ2n) is 5.98. The summed E-state index contributed by atoms with van der Waals surface area (Å²) in [6.45, 7) is 2.07. The average Bonchev–Trinajstić information content (AvgIpc) is 2.90. The molecule has 0 aliphatic carbocycles. The van der Waals surface area contributed by atoms with Gasteiger partial charge in [-0.3, -0.25) is 9.36 Å². The van der Waals surface area contributed by atoms with Crippen LogP contribution in [-0.2, 0) is 7.05 Å². The molecule has 23 heavy (non-hydrogen) atoms. The summed E-state index contributed by atoms with van der Waals surface area (Å²) in [6, 6.07) is 15.6. The summed E-state index contributed by atoms with van der Waals surface area (Å²) < 4.78 is 1.68. The van der Waals surface area contributed by atoms with Gasteiger partial charge in [0.15, 0.2) is 0 Å². The van der Waals surface area contributed by atoms with Crippen molar-refractivity contribution in [1.82, 2.24) is 9.55 Å². The van der Waals surface area contributed by atoms with Crippen molar-refractivity contribution in [2.24, 2.45) is 7.05 Å². The fraction of sp³-hybridized carbons (Fsp3) is 0.105. The van der Waals surface area contributed by atoms with Gasteiger partial charge in [-0.15, -0.1) is 0 Å². The predicted octanol–water partition coefficient (Wildman–Crippen LogP) is 3.58. The van der Waals surface area contributed by atoms with E-state index in [1.807, 2.05) is 30.3 Å². The molecule has 4 aromatic rings. The highest BCUT2D eigenvalue weighted by Gasteiger charge is 2.13. The molecule has 0 fully saturated rings. The van der Waals surface area contributed by atoms with Crippen LogP contribution in [0.5, 0.6) is 0 Å². The molecule has 4 heteroatoms. The van der Waals surface area contributed by atoms with Crippen molar-refractivity contribution in [2.75, 3.05) is 5.73 Å². The lowest BCUT2D eigenvalue weighted by Gasteiger charge is -2.06. The van der Waals surface area contributed by atoms with Crippen LogP contribution in [0.2, 0.25) is 0 Å². The maximum Gasteiger partial charge on any atom is 0.259 e. The number of aromatic nitrogens is 2. The van der Waals surface area contributed by atoms with E-state index in [4.69, 9.17) is 5.73 Å². The minimum Gasteiger partial charge on any atom is -0.399 e. The van der Waals surface area contributed by atoms with Crippen molar-refractivity contribution in [3.63, 3.8) is 0 Å². The number of aromatic amines is 1. The number of rotatable bonds is 1. The number of anilines is 1. The molecule has 3 N–H and O–H groups in total. The van der Waals surface area contributed by atoms with Gasteiger partial charge in [-0.05, 0) is 42.8 Å². The highest BCUT2D eigenvalue weighted by Crippen LogP contribution is 2.28. The van der Waals surface area contributed by atoms with E-state index in [-0.39, 0.29) is 5.56 Å². The number of H-pyrrole nitrogens is 1. The van der Waals surface area contributed by atoms with Gasteiger partial charge in [0.25, 0.3) is 5.56 Å². The normalized spacial score (nSPS) is 11.4. The van der Waals surface area contributed by atoms with E-state index < -0.39 is 0 Å². The highest BCUT2D eigenvalue weighted by atomic mass is 16.1. The van der Waals surface area contributed by atoms with Crippen LogP contribution < -0.4 is 11.3 Å². The van der Waals surface area contributed by atoms with Crippen molar-refractivity contribution < 1.29 is 0 Å². The SMILES string of the molecule is Cc1ccc2[nH]c3c(cc(-c4ccc(N)cc4)c(=O)n3C)c2c1. The number of pyridine rings is 1. The molecule has 0 aliphatic rings. The fourth-order valence-electron chi connectivity index (χ4n) is 3.08. The molecule has 0 saturated carbocycles. The molecule has 2 aromatic heterocycles. The zero-order valence-corrected chi connectivity index (χ0v) is 13.1. The maximum atomic E-state index is 12.7. The zero-order valence-electron chi connectivity index (χ0n) is 13.1. The predicted molar refractivity (Wildman–Crippen MR) is 95.6 cm³/mol. The lowest BCUT2D eigenvalue weighted by Crippen LogP contribution is -2.18. The van der Waals surface area contributed by atoms with E-state index in [1.165, 1.54) is 5.56 Å². The van der Waals surface area contributed by atoms with Gasteiger partial charge in [-0.25, -0.2) is 0 Å². The molecule has 0 radical (unpaired) electrons. The number of nitrogen functional groups attached to an aromatic ring is 1. The molecule has 4 nitrogen and oxygen atoms in total. The van der Waals surface area contributed by atoms with Crippen molar-refractivity contribution in [3.8, 4) is 11.1 Å². The number of benzene rings is 2. The lowest BCUT2D eigenvalue weighted by molar-refractivity contribution is 0.896. The van der Waals surface area contributed by atoms with Gasteiger partial charge in [0.05, 0.1) is 0 Å². The first-order chi connectivity index (χ1) is 11.0. The summed E-state index contributed by atoms with van der Waals surface area (Å²) in [6.07, 6.45) is 0. The van der Waals surface area contributed by atoms with Crippen molar-refractivity contribution >= 4 is 27.6 Å². The first kappa shape index (κ1) is 13.6. The topological polar surface area (TPSA) is 63.8 Å². The molecule has 0 bridgehead atoms. The summed E-state index contributed by atoms with van der Waals surface area (Å²) in [4.78, 5) is 16.1. The molecule has 0 unspecified atom stereocenters. The summed E-state index contributed by atoms with van der Waals surface area (Å²) in [5.41, 5.74) is 11.1. The van der Waals surface area contributed by atoms with E-state index >= 15 is 0 Å². The Morgan fingerprint density at radius 2 is 1.74 bits per heavy atom. The van der Waals surface area contributed by atoms with Crippen molar-refractivity contribution in [3.05, 3.63) is 64.4 Å². The number of nitrogens with zero attached hydrogens (tertiary/aromatic N) is 1. The number of hydrogen-bond acceptors (Lipinski definition) is 2. The van der Waals surface area contributed by atoms with E-state index in [1.54, 1.807) is 11.6 Å².